The molecule has 1 saturated heterocycles. The second kappa shape index (κ2) is 14.1. The summed E-state index contributed by atoms with van der Waals surface area (Å²) in [7, 11) is 2.14. The third-order valence-electron chi connectivity index (χ3n) is 4.32. The van der Waals surface area contributed by atoms with Gasteiger partial charge in [0.15, 0.2) is 0 Å². The van der Waals surface area contributed by atoms with Crippen LogP contribution in [0, 0.1) is 0 Å². The lowest BCUT2D eigenvalue weighted by atomic mass is 10.1. The molecule has 1 aromatic rings. The lowest BCUT2D eigenvalue weighted by Gasteiger charge is -2.22. The molecule has 1 aromatic heterocycles. The van der Waals surface area contributed by atoms with Gasteiger partial charge in [0, 0.05) is 19.6 Å². The minimum Gasteiger partial charge on any atom is -0.474 e. The normalized spacial score (nSPS) is 16.0. The Hall–Kier alpha value is -3.10. The van der Waals surface area contributed by atoms with Crippen molar-refractivity contribution in [1.29, 1.82) is 0 Å². The van der Waals surface area contributed by atoms with Crippen LogP contribution in [-0.4, -0.2) is 109 Å². The highest BCUT2D eigenvalue weighted by molar-refractivity contribution is 6.99. The molecule has 0 aromatic carbocycles. The van der Waals surface area contributed by atoms with Gasteiger partial charge in [-0.05, 0) is 45.0 Å². The number of ether oxygens (including phenoxy) is 1. The Balaban J connectivity index is 0.000000355. The first-order chi connectivity index (χ1) is 15.1. The molecule has 3 rings (SSSR count). The highest BCUT2D eigenvalue weighted by Gasteiger charge is 2.19. The van der Waals surface area contributed by atoms with E-state index in [0.29, 0.717) is 6.61 Å². The Morgan fingerprint density at radius 2 is 1.53 bits per heavy atom. The third kappa shape index (κ3) is 10.3. The Labute approximate surface area is 187 Å². The van der Waals surface area contributed by atoms with Crippen molar-refractivity contribution in [3.63, 3.8) is 0 Å². The molecule has 4 N–H and O–H groups in total. The number of nitrogens with zero attached hydrogens (tertiary/aromatic N) is 4. The number of hydrogen-bond donors (Lipinski definition) is 4. The zero-order valence-electron chi connectivity index (χ0n) is 17.5. The number of carboxylic acids is 4. The third-order valence-corrected chi connectivity index (χ3v) is 4.83. The Bertz CT molecular complexity index is 773. The van der Waals surface area contributed by atoms with Gasteiger partial charge >= 0.3 is 23.9 Å². The van der Waals surface area contributed by atoms with Crippen LogP contribution in [0.3, 0.4) is 0 Å². The van der Waals surface area contributed by atoms with E-state index < -0.39 is 23.9 Å². The van der Waals surface area contributed by atoms with Crippen LogP contribution >= 0.6 is 11.7 Å². The average Bonchev–Trinajstić information content (AvgIpc) is 3.41. The second-order valence-electron chi connectivity index (χ2n) is 6.79. The van der Waals surface area contributed by atoms with E-state index in [0.717, 1.165) is 37.6 Å². The molecule has 0 bridgehead atoms. The highest BCUT2D eigenvalue weighted by Crippen LogP contribution is 2.26. The van der Waals surface area contributed by atoms with Crippen LogP contribution in [0.5, 0.6) is 5.88 Å². The quantitative estimate of drug-likeness (QED) is 0.419. The maximum Gasteiger partial charge on any atom is 0.414 e. The molecule has 0 saturated carbocycles. The molecule has 0 atom stereocenters. The predicted molar refractivity (Wildman–Crippen MR) is 112 cm³/mol. The number of hydrogen-bond acceptors (Lipinski definition) is 10. The lowest BCUT2D eigenvalue weighted by molar-refractivity contribution is -0.159. The molecule has 0 unspecified atom stereocenters. The monoisotopic (exact) mass is 474 g/mol. The van der Waals surface area contributed by atoms with E-state index in [1.807, 2.05) is 0 Å². The van der Waals surface area contributed by atoms with E-state index in [-0.39, 0.29) is 0 Å². The first-order valence-electron chi connectivity index (χ1n) is 9.59. The van der Waals surface area contributed by atoms with Crippen LogP contribution < -0.4 is 4.74 Å². The minimum atomic E-state index is -1.82. The molecule has 32 heavy (non-hydrogen) atoms. The van der Waals surface area contributed by atoms with E-state index in [1.54, 1.807) is 0 Å². The molecular weight excluding hydrogens is 448 g/mol. The Morgan fingerprint density at radius 1 is 0.969 bits per heavy atom. The molecule has 0 radical (unpaired) electrons. The van der Waals surface area contributed by atoms with Crippen LogP contribution in [0.2, 0.25) is 0 Å². The van der Waals surface area contributed by atoms with Gasteiger partial charge in [-0.15, -0.1) is 4.37 Å². The van der Waals surface area contributed by atoms with Gasteiger partial charge < -0.3 is 30.1 Å². The fourth-order valence-corrected chi connectivity index (χ4v) is 3.35. The first kappa shape index (κ1) is 26.9. The molecule has 14 heteroatoms. The maximum absolute atomic E-state index is 9.10. The van der Waals surface area contributed by atoms with Crippen LogP contribution in [0.4, 0.5) is 0 Å². The van der Waals surface area contributed by atoms with E-state index in [1.165, 1.54) is 43.2 Å². The van der Waals surface area contributed by atoms with Gasteiger partial charge in [0.1, 0.15) is 12.3 Å². The Morgan fingerprint density at radius 3 is 2.03 bits per heavy atom. The number of carboxylic acid groups (broad SMARTS) is 4. The van der Waals surface area contributed by atoms with Gasteiger partial charge in [0.2, 0.25) is 0 Å². The zero-order chi connectivity index (χ0) is 24.1. The number of carbonyl (C=O) groups is 4. The molecule has 178 valence electrons. The first-order valence-corrected chi connectivity index (χ1v) is 10.3. The van der Waals surface area contributed by atoms with E-state index in [2.05, 4.69) is 31.7 Å². The fourth-order valence-electron chi connectivity index (χ4n) is 2.81. The molecule has 0 spiro atoms. The van der Waals surface area contributed by atoms with Crippen molar-refractivity contribution in [3.8, 4) is 5.88 Å². The van der Waals surface area contributed by atoms with Crippen molar-refractivity contribution in [2.45, 2.75) is 19.3 Å². The summed E-state index contributed by atoms with van der Waals surface area (Å²) in [5.41, 5.74) is 2.20. The van der Waals surface area contributed by atoms with Gasteiger partial charge in [0.25, 0.3) is 5.88 Å². The summed E-state index contributed by atoms with van der Waals surface area (Å²) in [6.45, 7) is 6.18. The van der Waals surface area contributed by atoms with Crippen molar-refractivity contribution in [2.75, 3.05) is 46.4 Å². The predicted octanol–water partition coefficient (Wildman–Crippen LogP) is 0.0428. The molecule has 2 aliphatic rings. The van der Waals surface area contributed by atoms with Gasteiger partial charge in [0.05, 0.1) is 11.7 Å². The van der Waals surface area contributed by atoms with Crippen molar-refractivity contribution < 1.29 is 44.3 Å². The van der Waals surface area contributed by atoms with E-state index >= 15 is 0 Å². The van der Waals surface area contributed by atoms with Crippen molar-refractivity contribution in [1.82, 2.24) is 18.5 Å². The van der Waals surface area contributed by atoms with Gasteiger partial charge in [-0.3, -0.25) is 4.90 Å². The molecule has 13 nitrogen and oxygen atoms in total. The SMILES string of the molecule is CN1CCC=C(c2nsnc2OCCN2CCCC2)C1.O=C(O)C(=O)O.O=C(O)C(=O)O. The number of aromatic nitrogens is 2. The number of likely N-dealkylation sites (N-methyl/N-ethyl adjacent to an activating group) is 1. The van der Waals surface area contributed by atoms with E-state index in [4.69, 9.17) is 44.3 Å². The topological polar surface area (TPSA) is 191 Å². The zero-order valence-corrected chi connectivity index (χ0v) is 18.3. The van der Waals surface area contributed by atoms with Gasteiger partial charge in [-0.1, -0.05) is 6.08 Å². The summed E-state index contributed by atoms with van der Waals surface area (Å²) >= 11 is 1.25. The van der Waals surface area contributed by atoms with Crippen molar-refractivity contribution >= 4 is 41.2 Å². The second-order valence-corrected chi connectivity index (χ2v) is 7.32. The molecule has 3 heterocycles. The standard InChI is InChI=1S/C14H22N4OS.2C2H2O4/c1-17-6-4-5-12(11-17)13-14(16-20-15-13)19-10-9-18-7-2-3-8-18;2*3-1(4)2(5)6/h5H,2-4,6-11H2,1H3;2*(H,3,4)(H,5,6). The van der Waals surface area contributed by atoms with Gasteiger partial charge in [-0.25, -0.2) is 19.2 Å². The van der Waals surface area contributed by atoms with Crippen LogP contribution in [0.25, 0.3) is 5.57 Å². The Kier molecular flexibility index (Phi) is 11.8. The molecule has 0 amide bonds. The molecule has 1 fully saturated rings. The molecule has 0 aliphatic carbocycles. The molecular formula is C18H26N4O9S. The van der Waals surface area contributed by atoms with E-state index in [9.17, 15) is 0 Å². The fraction of sp³-hybridized carbons (Fsp3) is 0.556. The number of likely N-dealkylation sites (tertiary alicyclic amines) is 1. The van der Waals surface area contributed by atoms with Crippen LogP contribution in [0.15, 0.2) is 6.08 Å². The summed E-state index contributed by atoms with van der Waals surface area (Å²) in [6.07, 6.45) is 5.99. The summed E-state index contributed by atoms with van der Waals surface area (Å²) in [4.78, 5) is 41.2. The number of rotatable bonds is 5. The van der Waals surface area contributed by atoms with Crippen molar-refractivity contribution in [2.24, 2.45) is 0 Å². The van der Waals surface area contributed by atoms with Crippen LogP contribution in [-0.2, 0) is 19.2 Å². The highest BCUT2D eigenvalue weighted by atomic mass is 32.1. The molecule has 2 aliphatic heterocycles. The van der Waals surface area contributed by atoms with Crippen LogP contribution in [0.1, 0.15) is 25.0 Å². The maximum atomic E-state index is 9.10. The summed E-state index contributed by atoms with van der Waals surface area (Å²) in [5, 5.41) is 29.6. The van der Waals surface area contributed by atoms with Crippen molar-refractivity contribution in [3.05, 3.63) is 11.8 Å². The number of aliphatic carboxylic acids is 4. The summed E-state index contributed by atoms with van der Waals surface area (Å²) < 4.78 is 14.6. The lowest BCUT2D eigenvalue weighted by Crippen LogP contribution is -2.26. The average molecular weight is 474 g/mol. The van der Waals surface area contributed by atoms with Gasteiger partial charge in [-0.2, -0.15) is 4.37 Å². The summed E-state index contributed by atoms with van der Waals surface area (Å²) in [5.74, 6) is -6.58. The smallest absolute Gasteiger partial charge is 0.414 e. The largest absolute Gasteiger partial charge is 0.474 e. The minimum absolute atomic E-state index is 0.710. The summed E-state index contributed by atoms with van der Waals surface area (Å²) in [6, 6.07) is 0.